The highest BCUT2D eigenvalue weighted by molar-refractivity contribution is 7.93. The van der Waals surface area contributed by atoms with Crippen molar-refractivity contribution in [2.75, 3.05) is 16.6 Å². The molecule has 0 saturated heterocycles. The summed E-state index contributed by atoms with van der Waals surface area (Å²) in [5.74, 6) is -0.923. The molecule has 2 aromatic carbocycles. The lowest BCUT2D eigenvalue weighted by atomic mass is 9.90. The van der Waals surface area contributed by atoms with Gasteiger partial charge in [-0.1, -0.05) is 41.9 Å². The molecule has 0 amide bonds. The molecule has 1 fully saturated rings. The van der Waals surface area contributed by atoms with Crippen molar-refractivity contribution in [3.8, 4) is 0 Å². The Morgan fingerprint density at radius 1 is 1.32 bits per heavy atom. The second kappa shape index (κ2) is 10.2. The van der Waals surface area contributed by atoms with E-state index >= 15 is 0 Å². The molecule has 0 bridgehead atoms. The van der Waals surface area contributed by atoms with Gasteiger partial charge in [0.2, 0.25) is 0 Å². The topological polar surface area (TPSA) is 117 Å². The van der Waals surface area contributed by atoms with Crippen molar-refractivity contribution in [1.82, 2.24) is 4.98 Å². The molecule has 3 atom stereocenters. The van der Waals surface area contributed by atoms with Crippen molar-refractivity contribution in [2.45, 2.75) is 42.7 Å². The van der Waals surface area contributed by atoms with Crippen LogP contribution in [0.3, 0.4) is 0 Å². The van der Waals surface area contributed by atoms with Crippen molar-refractivity contribution in [3.63, 3.8) is 0 Å². The van der Waals surface area contributed by atoms with Gasteiger partial charge in [0.05, 0.1) is 16.8 Å². The maximum Gasteiger partial charge on any atom is 0.266 e. The molecule has 0 spiro atoms. The molecule has 34 heavy (non-hydrogen) atoms. The van der Waals surface area contributed by atoms with Crippen LogP contribution in [0.5, 0.6) is 0 Å². The molecule has 11 heteroatoms. The first-order valence-electron chi connectivity index (χ1n) is 10.8. The molecular formula is C23H26ClFN4O3S2. The van der Waals surface area contributed by atoms with E-state index in [2.05, 4.69) is 27.2 Å². The van der Waals surface area contributed by atoms with Crippen LogP contribution < -0.4 is 15.8 Å². The predicted octanol–water partition coefficient (Wildman–Crippen LogP) is 4.25. The summed E-state index contributed by atoms with van der Waals surface area (Å²) in [4.78, 5) is 3.31. The summed E-state index contributed by atoms with van der Waals surface area (Å²) >= 11 is 7.44. The maximum atomic E-state index is 14.9. The minimum absolute atomic E-state index is 0.0507. The van der Waals surface area contributed by atoms with Crippen LogP contribution >= 0.6 is 22.9 Å². The molecule has 0 radical (unpaired) electrons. The monoisotopic (exact) mass is 524 g/mol. The minimum Gasteiger partial charge on any atom is -0.392 e. The molecule has 1 aromatic heterocycles. The van der Waals surface area contributed by atoms with E-state index in [0.29, 0.717) is 12.1 Å². The lowest BCUT2D eigenvalue weighted by molar-refractivity contribution is 0.139. The summed E-state index contributed by atoms with van der Waals surface area (Å²) in [6, 6.07) is 12.2. The average molecular weight is 525 g/mol. The van der Waals surface area contributed by atoms with Crippen LogP contribution in [0.15, 0.2) is 58.9 Å². The van der Waals surface area contributed by atoms with E-state index in [4.69, 9.17) is 17.3 Å². The van der Waals surface area contributed by atoms with Crippen molar-refractivity contribution in [2.24, 2.45) is 11.1 Å². The molecule has 7 nitrogen and oxygen atoms in total. The van der Waals surface area contributed by atoms with Gasteiger partial charge in [-0.25, -0.2) is 17.8 Å². The number of hydrogen-bond donors (Lipinski definition) is 4. The van der Waals surface area contributed by atoms with Crippen LogP contribution in [0.2, 0.25) is 5.02 Å². The molecule has 3 aromatic rings. The summed E-state index contributed by atoms with van der Waals surface area (Å²) in [5, 5.41) is 15.3. The van der Waals surface area contributed by atoms with E-state index < -0.39 is 26.8 Å². The Kier molecular flexibility index (Phi) is 7.44. The molecule has 1 aliphatic carbocycles. The summed E-state index contributed by atoms with van der Waals surface area (Å²) in [7, 11) is -4.18. The molecule has 182 valence electrons. The lowest BCUT2D eigenvalue weighted by Gasteiger charge is -2.22. The fraction of sp³-hybridized carbons (Fsp3) is 0.348. The van der Waals surface area contributed by atoms with Gasteiger partial charge in [-0.2, -0.15) is 0 Å². The zero-order valence-electron chi connectivity index (χ0n) is 18.2. The van der Waals surface area contributed by atoms with Gasteiger partial charge < -0.3 is 16.2 Å². The number of benzene rings is 2. The van der Waals surface area contributed by atoms with Gasteiger partial charge in [0.25, 0.3) is 10.0 Å². The van der Waals surface area contributed by atoms with E-state index in [1.807, 2.05) is 18.2 Å². The smallest absolute Gasteiger partial charge is 0.266 e. The number of thiazole rings is 1. The van der Waals surface area contributed by atoms with Gasteiger partial charge in [0.15, 0.2) is 5.13 Å². The third-order valence-electron chi connectivity index (χ3n) is 6.15. The summed E-state index contributed by atoms with van der Waals surface area (Å²) in [5.41, 5.74) is 6.94. The molecule has 1 saturated carbocycles. The number of nitrogens with zero attached hydrogens (tertiary/aromatic N) is 1. The van der Waals surface area contributed by atoms with Gasteiger partial charge >= 0.3 is 0 Å². The zero-order valence-corrected chi connectivity index (χ0v) is 20.6. The van der Waals surface area contributed by atoms with Crippen LogP contribution in [-0.2, 0) is 16.4 Å². The Balaban J connectivity index is 1.50. The highest BCUT2D eigenvalue weighted by atomic mass is 35.5. The molecule has 1 aliphatic rings. The Labute approximate surface area is 207 Å². The number of anilines is 2. The Morgan fingerprint density at radius 2 is 2.09 bits per heavy atom. The van der Waals surface area contributed by atoms with Gasteiger partial charge in [0, 0.05) is 24.2 Å². The Hall–Kier alpha value is -2.24. The number of aromatic nitrogens is 1. The van der Waals surface area contributed by atoms with Crippen molar-refractivity contribution < 1.29 is 17.9 Å². The normalized spacial score (nSPS) is 20.6. The summed E-state index contributed by atoms with van der Waals surface area (Å²) in [6.07, 6.45) is 3.73. The van der Waals surface area contributed by atoms with E-state index in [-0.39, 0.29) is 28.2 Å². The van der Waals surface area contributed by atoms with Gasteiger partial charge in [0.1, 0.15) is 10.7 Å². The van der Waals surface area contributed by atoms with Crippen LogP contribution in [0.1, 0.15) is 24.8 Å². The highest BCUT2D eigenvalue weighted by Crippen LogP contribution is 2.55. The van der Waals surface area contributed by atoms with Crippen LogP contribution in [0, 0.1) is 11.2 Å². The summed E-state index contributed by atoms with van der Waals surface area (Å²) in [6.45, 7) is 0.161. The van der Waals surface area contributed by atoms with Gasteiger partial charge in [-0.15, -0.1) is 11.3 Å². The van der Waals surface area contributed by atoms with Crippen molar-refractivity contribution in [3.05, 3.63) is 70.4 Å². The molecular weight excluding hydrogens is 499 g/mol. The summed E-state index contributed by atoms with van der Waals surface area (Å²) < 4.78 is 42.3. The van der Waals surface area contributed by atoms with Gasteiger partial charge in [-0.3, -0.25) is 4.72 Å². The number of nitrogens with two attached hydrogens (primary N) is 1. The molecule has 1 unspecified atom stereocenters. The standard InChI is InChI=1S/C23H26ClFN4O3S2/c24-17-10-20(34(31,32)29-22-27-8-9-33-22)18(25)11-19(17)28-21-13-23(21,12-16(30)14-26)7-6-15-4-2-1-3-5-15/h1-5,8-11,16,21,28,30H,6-7,12-14,26H2,(H,27,29)/t16-,21?,23+/m0/s1. The minimum atomic E-state index is -4.18. The second-order valence-corrected chi connectivity index (χ2v) is 11.5. The second-order valence-electron chi connectivity index (χ2n) is 8.55. The van der Waals surface area contributed by atoms with Crippen molar-refractivity contribution >= 4 is 43.8 Å². The number of sulfonamides is 1. The number of rotatable bonds is 11. The van der Waals surface area contributed by atoms with Crippen LogP contribution in [-0.4, -0.2) is 37.2 Å². The van der Waals surface area contributed by atoms with E-state index in [0.717, 1.165) is 42.7 Å². The molecule has 5 N–H and O–H groups in total. The van der Waals surface area contributed by atoms with Crippen LogP contribution in [0.4, 0.5) is 15.2 Å². The third-order valence-corrected chi connectivity index (χ3v) is 8.64. The largest absolute Gasteiger partial charge is 0.392 e. The van der Waals surface area contributed by atoms with Crippen LogP contribution in [0.25, 0.3) is 0 Å². The Bertz CT molecular complexity index is 1230. The first kappa shape index (κ1) is 24.9. The number of aryl methyl sites for hydroxylation is 1. The maximum absolute atomic E-state index is 14.9. The van der Waals surface area contributed by atoms with Gasteiger partial charge in [-0.05, 0) is 48.8 Å². The van der Waals surface area contributed by atoms with E-state index in [1.54, 1.807) is 5.38 Å². The lowest BCUT2D eigenvalue weighted by Crippen LogP contribution is -2.27. The number of aliphatic hydroxyl groups excluding tert-OH is 1. The fourth-order valence-corrected chi connectivity index (χ4v) is 6.38. The molecule has 1 heterocycles. The SMILES string of the molecule is NC[C@@H](O)C[C@]1(CCc2ccccc2)CC1Nc1cc(F)c(S(=O)(=O)Nc2nccs2)cc1Cl. The third kappa shape index (κ3) is 5.69. The quantitative estimate of drug-likeness (QED) is 0.298. The van der Waals surface area contributed by atoms with E-state index in [1.165, 1.54) is 11.8 Å². The van der Waals surface area contributed by atoms with Crippen molar-refractivity contribution in [1.29, 1.82) is 0 Å². The first-order chi connectivity index (χ1) is 16.2. The number of hydrogen-bond acceptors (Lipinski definition) is 7. The van der Waals surface area contributed by atoms with E-state index in [9.17, 15) is 17.9 Å². The number of nitrogens with one attached hydrogen (secondary N) is 2. The highest BCUT2D eigenvalue weighted by Gasteiger charge is 2.54. The average Bonchev–Trinajstić information content (AvgIpc) is 3.20. The molecule has 4 rings (SSSR count). The first-order valence-corrected chi connectivity index (χ1v) is 13.6. The predicted molar refractivity (Wildman–Crippen MR) is 133 cm³/mol. The fourth-order valence-electron chi connectivity index (χ4n) is 4.22. The zero-order chi connectivity index (χ0) is 24.3. The number of halogens is 2. The Morgan fingerprint density at radius 3 is 2.76 bits per heavy atom. The number of aliphatic hydroxyl groups is 1. The molecule has 0 aliphatic heterocycles.